The highest BCUT2D eigenvalue weighted by molar-refractivity contribution is 8.18. The second-order valence-corrected chi connectivity index (χ2v) is 8.66. The number of ether oxygens (including phenoxy) is 2. The quantitative estimate of drug-likeness (QED) is 0.243. The number of nitrogens with zero attached hydrogens (tertiary/aromatic N) is 3. The van der Waals surface area contributed by atoms with Crippen molar-refractivity contribution in [3.63, 3.8) is 0 Å². The van der Waals surface area contributed by atoms with E-state index in [4.69, 9.17) is 14.5 Å². The molecule has 1 heterocycles. The SMILES string of the molecule is COc1ccc(CN=C2S/C(=C\c3cccc([N+](=O)[O-])c3)C(=O)N2Cc2ccc(OC)cc2)cc1. The first-order valence-electron chi connectivity index (χ1n) is 10.7. The van der Waals surface area contributed by atoms with Gasteiger partial charge in [0.15, 0.2) is 5.17 Å². The van der Waals surface area contributed by atoms with E-state index < -0.39 is 4.92 Å². The highest BCUT2D eigenvalue weighted by Gasteiger charge is 2.33. The highest BCUT2D eigenvalue weighted by atomic mass is 32.2. The molecule has 0 spiro atoms. The largest absolute Gasteiger partial charge is 0.497 e. The molecule has 178 valence electrons. The minimum atomic E-state index is -0.455. The summed E-state index contributed by atoms with van der Waals surface area (Å²) in [5.74, 6) is 1.29. The maximum atomic E-state index is 13.3. The Morgan fingerprint density at radius 2 is 1.60 bits per heavy atom. The number of benzene rings is 3. The first-order valence-corrected chi connectivity index (χ1v) is 11.5. The Hall–Kier alpha value is -4.11. The fourth-order valence-electron chi connectivity index (χ4n) is 3.45. The third kappa shape index (κ3) is 5.88. The van der Waals surface area contributed by atoms with Crippen LogP contribution in [0.15, 0.2) is 82.7 Å². The van der Waals surface area contributed by atoms with E-state index in [1.165, 1.54) is 23.9 Å². The minimum absolute atomic E-state index is 0.0294. The van der Waals surface area contributed by atoms with Crippen LogP contribution in [0.4, 0.5) is 5.69 Å². The number of hydrogen-bond acceptors (Lipinski definition) is 7. The van der Waals surface area contributed by atoms with E-state index in [9.17, 15) is 14.9 Å². The van der Waals surface area contributed by atoms with E-state index in [1.807, 2.05) is 48.5 Å². The molecular formula is C26H23N3O5S. The number of carbonyl (C=O) groups is 1. The molecule has 35 heavy (non-hydrogen) atoms. The van der Waals surface area contributed by atoms with E-state index in [1.54, 1.807) is 37.3 Å². The molecule has 1 aliphatic rings. The average molecular weight is 490 g/mol. The van der Waals surface area contributed by atoms with Crippen LogP contribution in [-0.2, 0) is 17.9 Å². The molecule has 3 aromatic rings. The van der Waals surface area contributed by atoms with Gasteiger partial charge in [-0.1, -0.05) is 36.4 Å². The van der Waals surface area contributed by atoms with Gasteiger partial charge in [0.1, 0.15) is 11.5 Å². The minimum Gasteiger partial charge on any atom is -0.497 e. The lowest BCUT2D eigenvalue weighted by Gasteiger charge is -2.16. The molecule has 8 nitrogen and oxygen atoms in total. The van der Waals surface area contributed by atoms with E-state index in [-0.39, 0.29) is 11.6 Å². The van der Waals surface area contributed by atoms with Gasteiger partial charge in [0, 0.05) is 12.1 Å². The number of methoxy groups -OCH3 is 2. The predicted molar refractivity (Wildman–Crippen MR) is 136 cm³/mol. The second-order valence-electron chi connectivity index (χ2n) is 7.65. The van der Waals surface area contributed by atoms with Crippen molar-refractivity contribution < 1.29 is 19.2 Å². The number of rotatable bonds is 8. The van der Waals surface area contributed by atoms with Crippen LogP contribution in [0.3, 0.4) is 0 Å². The molecule has 0 saturated carbocycles. The summed E-state index contributed by atoms with van der Waals surface area (Å²) < 4.78 is 10.4. The van der Waals surface area contributed by atoms with Crippen molar-refractivity contribution in [2.45, 2.75) is 13.1 Å². The molecule has 0 N–H and O–H groups in total. The first kappa shape index (κ1) is 24.0. The van der Waals surface area contributed by atoms with Crippen LogP contribution in [0, 0.1) is 10.1 Å². The Morgan fingerprint density at radius 3 is 2.20 bits per heavy atom. The zero-order valence-electron chi connectivity index (χ0n) is 19.2. The molecule has 0 radical (unpaired) electrons. The van der Waals surface area contributed by atoms with E-state index in [0.29, 0.717) is 28.7 Å². The maximum Gasteiger partial charge on any atom is 0.270 e. The summed E-state index contributed by atoms with van der Waals surface area (Å²) in [5, 5.41) is 11.7. The van der Waals surface area contributed by atoms with Gasteiger partial charge in [0.05, 0.1) is 37.1 Å². The number of nitro groups is 1. The zero-order valence-corrected chi connectivity index (χ0v) is 20.0. The van der Waals surface area contributed by atoms with Gasteiger partial charge >= 0.3 is 0 Å². The number of thioether (sulfide) groups is 1. The van der Waals surface area contributed by atoms with Crippen molar-refractivity contribution in [2.75, 3.05) is 14.2 Å². The van der Waals surface area contributed by atoms with Crippen LogP contribution < -0.4 is 9.47 Å². The molecule has 0 unspecified atom stereocenters. The number of aliphatic imine (C=N–C) groups is 1. The van der Waals surface area contributed by atoms with Crippen molar-refractivity contribution in [1.82, 2.24) is 4.90 Å². The molecule has 1 fully saturated rings. The van der Waals surface area contributed by atoms with Crippen LogP contribution in [0.2, 0.25) is 0 Å². The number of hydrogen-bond donors (Lipinski definition) is 0. The lowest BCUT2D eigenvalue weighted by molar-refractivity contribution is -0.384. The summed E-state index contributed by atoms with van der Waals surface area (Å²) in [7, 11) is 3.22. The number of amidine groups is 1. The summed E-state index contributed by atoms with van der Waals surface area (Å²) in [6, 6.07) is 21.3. The third-order valence-electron chi connectivity index (χ3n) is 5.32. The van der Waals surface area contributed by atoms with Gasteiger partial charge in [-0.2, -0.15) is 0 Å². The Labute approximate surface area is 207 Å². The van der Waals surface area contributed by atoms with Crippen molar-refractivity contribution in [2.24, 2.45) is 4.99 Å². The molecule has 0 aromatic heterocycles. The molecule has 3 aromatic carbocycles. The average Bonchev–Trinajstić information content (AvgIpc) is 3.17. The standard InChI is InChI=1S/C26H23N3O5S/c1-33-22-10-6-18(7-11-22)16-27-26-28(17-19-8-12-23(34-2)13-9-19)25(30)24(35-26)15-20-4-3-5-21(14-20)29(31)32/h3-15H,16-17H2,1-2H3/b24-15-,27-26?. The monoisotopic (exact) mass is 489 g/mol. The van der Waals surface area contributed by atoms with Crippen molar-refractivity contribution in [1.29, 1.82) is 0 Å². The van der Waals surface area contributed by atoms with Gasteiger partial charge in [-0.25, -0.2) is 0 Å². The summed E-state index contributed by atoms with van der Waals surface area (Å²) in [6.07, 6.45) is 1.66. The molecule has 0 bridgehead atoms. The second kappa shape index (κ2) is 10.9. The van der Waals surface area contributed by atoms with Gasteiger partial charge in [0.2, 0.25) is 0 Å². The van der Waals surface area contributed by atoms with E-state index in [2.05, 4.69) is 0 Å². The van der Waals surface area contributed by atoms with Crippen molar-refractivity contribution in [3.05, 3.63) is 105 Å². The maximum absolute atomic E-state index is 13.3. The Balaban J connectivity index is 1.63. The van der Waals surface area contributed by atoms with Crippen LogP contribution >= 0.6 is 11.8 Å². The van der Waals surface area contributed by atoms with E-state index in [0.717, 1.165) is 22.6 Å². The normalized spacial score (nSPS) is 15.6. The van der Waals surface area contributed by atoms with Gasteiger partial charge in [-0.3, -0.25) is 24.8 Å². The molecule has 0 aliphatic carbocycles. The summed E-state index contributed by atoms with van der Waals surface area (Å²) >= 11 is 1.26. The van der Waals surface area contributed by atoms with Gasteiger partial charge < -0.3 is 9.47 Å². The lowest BCUT2D eigenvalue weighted by Crippen LogP contribution is -2.28. The van der Waals surface area contributed by atoms with Crippen molar-refractivity contribution in [3.8, 4) is 11.5 Å². The lowest BCUT2D eigenvalue weighted by atomic mass is 10.1. The highest BCUT2D eigenvalue weighted by Crippen LogP contribution is 2.34. The summed E-state index contributed by atoms with van der Waals surface area (Å²) in [5.41, 5.74) is 2.45. The number of non-ortho nitro benzene ring substituents is 1. The fourth-order valence-corrected chi connectivity index (χ4v) is 4.42. The van der Waals surface area contributed by atoms with Crippen molar-refractivity contribution >= 4 is 34.6 Å². The molecule has 1 amide bonds. The Bertz CT molecular complexity index is 1290. The van der Waals surface area contributed by atoms with Crippen LogP contribution in [0.5, 0.6) is 11.5 Å². The predicted octanol–water partition coefficient (Wildman–Crippen LogP) is 5.28. The fraction of sp³-hybridized carbons (Fsp3) is 0.154. The molecule has 0 atom stereocenters. The van der Waals surface area contributed by atoms with Gasteiger partial charge in [-0.15, -0.1) is 0 Å². The Morgan fingerprint density at radius 1 is 0.971 bits per heavy atom. The molecule has 9 heteroatoms. The molecule has 1 saturated heterocycles. The molecule has 4 rings (SSSR count). The zero-order chi connectivity index (χ0) is 24.8. The van der Waals surface area contributed by atoms with Crippen LogP contribution in [-0.4, -0.2) is 35.1 Å². The van der Waals surface area contributed by atoms with Gasteiger partial charge in [-0.05, 0) is 58.8 Å². The van der Waals surface area contributed by atoms with E-state index >= 15 is 0 Å². The van der Waals surface area contributed by atoms with Gasteiger partial charge in [0.25, 0.3) is 11.6 Å². The number of carbonyl (C=O) groups excluding carboxylic acids is 1. The smallest absolute Gasteiger partial charge is 0.270 e. The molecular weight excluding hydrogens is 466 g/mol. The number of nitro benzene ring substituents is 1. The topological polar surface area (TPSA) is 94.3 Å². The molecule has 1 aliphatic heterocycles. The third-order valence-corrected chi connectivity index (χ3v) is 6.37. The number of amides is 1. The first-order chi connectivity index (χ1) is 17.0. The van der Waals surface area contributed by atoms with Crippen LogP contribution in [0.1, 0.15) is 16.7 Å². The summed E-state index contributed by atoms with van der Waals surface area (Å²) in [4.78, 5) is 30.8. The Kier molecular flexibility index (Phi) is 7.47. The summed E-state index contributed by atoms with van der Waals surface area (Å²) in [6.45, 7) is 0.729. The van der Waals surface area contributed by atoms with Crippen LogP contribution in [0.25, 0.3) is 6.08 Å².